The van der Waals surface area contributed by atoms with Crippen molar-refractivity contribution < 1.29 is 4.74 Å². The monoisotopic (exact) mass is 242 g/mol. The summed E-state index contributed by atoms with van der Waals surface area (Å²) in [6.45, 7) is 4.70. The van der Waals surface area contributed by atoms with E-state index in [0.717, 1.165) is 18.2 Å². The van der Waals surface area contributed by atoms with Gasteiger partial charge in [-0.05, 0) is 43.4 Å². The van der Waals surface area contributed by atoms with Crippen LogP contribution >= 0.6 is 0 Å². The van der Waals surface area contributed by atoms with Crippen LogP contribution in [0, 0.1) is 5.92 Å². The first-order chi connectivity index (χ1) is 8.88. The molecule has 3 rings (SSSR count). The van der Waals surface area contributed by atoms with E-state index in [9.17, 15) is 0 Å². The fourth-order valence-electron chi connectivity index (χ4n) is 3.05. The maximum atomic E-state index is 5.30. The smallest absolute Gasteiger partial charge is 0.145 e. The van der Waals surface area contributed by atoms with Gasteiger partial charge in [0.1, 0.15) is 5.75 Å². The maximum Gasteiger partial charge on any atom is 0.145 e. The van der Waals surface area contributed by atoms with E-state index in [4.69, 9.17) is 4.74 Å². The van der Waals surface area contributed by atoms with Crippen molar-refractivity contribution in [3.05, 3.63) is 42.9 Å². The van der Waals surface area contributed by atoms with Gasteiger partial charge in [-0.25, -0.2) is 0 Å². The molecule has 0 radical (unpaired) electrons. The molecule has 1 aliphatic carbocycles. The first kappa shape index (κ1) is 11.5. The highest BCUT2D eigenvalue weighted by atomic mass is 16.5. The molecule has 0 spiro atoms. The summed E-state index contributed by atoms with van der Waals surface area (Å²) in [7, 11) is 0. The third kappa shape index (κ3) is 2.06. The molecule has 2 aliphatic rings. The zero-order chi connectivity index (χ0) is 12.4. The summed E-state index contributed by atoms with van der Waals surface area (Å²) < 4.78 is 5.30. The van der Waals surface area contributed by atoms with E-state index in [0.29, 0.717) is 6.04 Å². The van der Waals surface area contributed by atoms with Crippen molar-refractivity contribution in [3.63, 3.8) is 0 Å². The van der Waals surface area contributed by atoms with Crippen molar-refractivity contribution in [2.75, 3.05) is 6.54 Å². The molecule has 1 N–H and O–H groups in total. The number of rotatable bonds is 3. The molecule has 1 fully saturated rings. The first-order valence-electron chi connectivity index (χ1n) is 6.55. The highest BCUT2D eigenvalue weighted by molar-refractivity contribution is 5.71. The minimum absolute atomic E-state index is 0.500. The van der Waals surface area contributed by atoms with Gasteiger partial charge in [-0.2, -0.15) is 0 Å². The van der Waals surface area contributed by atoms with Gasteiger partial charge in [-0.1, -0.05) is 12.7 Å². The van der Waals surface area contributed by atoms with Crippen molar-refractivity contribution in [2.45, 2.75) is 25.3 Å². The van der Waals surface area contributed by atoms with E-state index in [1.165, 1.54) is 36.7 Å². The molecular weight excluding hydrogens is 224 g/mol. The van der Waals surface area contributed by atoms with Crippen LogP contribution in [0.2, 0.25) is 0 Å². The van der Waals surface area contributed by atoms with Crippen LogP contribution in [0.25, 0.3) is 5.57 Å². The Bertz CT molecular complexity index is 481. The summed E-state index contributed by atoms with van der Waals surface area (Å²) in [6.07, 6.45) is 11.2. The Kier molecular flexibility index (Phi) is 3.15. The van der Waals surface area contributed by atoms with Gasteiger partial charge in [0.05, 0.1) is 12.5 Å². The molecule has 3 nitrogen and oxygen atoms in total. The summed E-state index contributed by atoms with van der Waals surface area (Å²) in [6, 6.07) is 2.54. The highest BCUT2D eigenvalue weighted by Crippen LogP contribution is 2.36. The van der Waals surface area contributed by atoms with Gasteiger partial charge in [0, 0.05) is 17.8 Å². The fourth-order valence-corrected chi connectivity index (χ4v) is 3.05. The van der Waals surface area contributed by atoms with E-state index < -0.39 is 0 Å². The van der Waals surface area contributed by atoms with Gasteiger partial charge in [0.2, 0.25) is 0 Å². The van der Waals surface area contributed by atoms with Crippen LogP contribution in [0.4, 0.5) is 0 Å². The Balaban J connectivity index is 1.91. The molecule has 1 aliphatic heterocycles. The largest absolute Gasteiger partial charge is 0.464 e. The van der Waals surface area contributed by atoms with Gasteiger partial charge in [0.15, 0.2) is 0 Å². The molecule has 1 aromatic rings. The van der Waals surface area contributed by atoms with Crippen LogP contribution in [-0.2, 0) is 0 Å². The van der Waals surface area contributed by atoms with Crippen LogP contribution in [0.1, 0.15) is 24.8 Å². The van der Waals surface area contributed by atoms with E-state index in [1.807, 2.05) is 12.3 Å². The molecule has 2 atom stereocenters. The third-order valence-corrected chi connectivity index (χ3v) is 3.85. The summed E-state index contributed by atoms with van der Waals surface area (Å²) in [5.41, 5.74) is 2.55. The second-order valence-corrected chi connectivity index (χ2v) is 4.91. The van der Waals surface area contributed by atoms with Crippen molar-refractivity contribution in [1.29, 1.82) is 0 Å². The van der Waals surface area contributed by atoms with Crippen molar-refractivity contribution in [2.24, 2.45) is 5.92 Å². The zero-order valence-electron chi connectivity index (χ0n) is 10.4. The quantitative estimate of drug-likeness (QED) is 0.828. The molecule has 0 amide bonds. The number of aromatic nitrogens is 1. The molecule has 94 valence electrons. The standard InChI is InChI=1S/C15H18N2O/c1-2-18-13-8-12(9-16-10-13)14-5-3-4-11-6-7-17-15(11)14/h2,5,8-11,15,17H,1,3-4,6-7H2/t11-,15+/m0/s1. The predicted octanol–water partition coefficient (Wildman–Crippen LogP) is 2.76. The molecule has 0 saturated carbocycles. The van der Waals surface area contributed by atoms with Gasteiger partial charge < -0.3 is 10.1 Å². The second kappa shape index (κ2) is 4.94. The van der Waals surface area contributed by atoms with Crippen LogP contribution in [0.3, 0.4) is 0 Å². The molecule has 2 heterocycles. The topological polar surface area (TPSA) is 34.1 Å². The molecule has 0 bridgehead atoms. The van der Waals surface area contributed by atoms with E-state index in [1.54, 1.807) is 6.20 Å². The van der Waals surface area contributed by atoms with E-state index in [-0.39, 0.29) is 0 Å². The van der Waals surface area contributed by atoms with Gasteiger partial charge in [-0.15, -0.1) is 0 Å². The fraction of sp³-hybridized carbons (Fsp3) is 0.400. The normalized spacial score (nSPS) is 26.3. The molecule has 1 aromatic heterocycles. The van der Waals surface area contributed by atoms with Crippen LogP contribution < -0.4 is 10.1 Å². The number of hydrogen-bond donors (Lipinski definition) is 1. The van der Waals surface area contributed by atoms with Gasteiger partial charge in [-0.3, -0.25) is 4.98 Å². The molecule has 1 saturated heterocycles. The molecule has 18 heavy (non-hydrogen) atoms. The number of nitrogens with one attached hydrogen (secondary N) is 1. The molecular formula is C15H18N2O. The Morgan fingerprint density at radius 3 is 3.22 bits per heavy atom. The molecule has 3 heteroatoms. The first-order valence-corrected chi connectivity index (χ1v) is 6.55. The Hall–Kier alpha value is -1.61. The zero-order valence-corrected chi connectivity index (χ0v) is 10.4. The lowest BCUT2D eigenvalue weighted by atomic mass is 9.82. The van der Waals surface area contributed by atoms with Crippen LogP contribution in [0.15, 0.2) is 37.4 Å². The van der Waals surface area contributed by atoms with Crippen LogP contribution in [0.5, 0.6) is 5.75 Å². The predicted molar refractivity (Wildman–Crippen MR) is 72.2 cm³/mol. The third-order valence-electron chi connectivity index (χ3n) is 3.85. The Labute approximate surface area is 108 Å². The Morgan fingerprint density at radius 1 is 1.39 bits per heavy atom. The van der Waals surface area contributed by atoms with Gasteiger partial charge >= 0.3 is 0 Å². The van der Waals surface area contributed by atoms with E-state index >= 15 is 0 Å². The van der Waals surface area contributed by atoms with Crippen molar-refractivity contribution >= 4 is 5.57 Å². The van der Waals surface area contributed by atoms with Gasteiger partial charge in [0.25, 0.3) is 0 Å². The summed E-state index contributed by atoms with van der Waals surface area (Å²) >= 11 is 0. The van der Waals surface area contributed by atoms with Crippen molar-refractivity contribution in [1.82, 2.24) is 10.3 Å². The summed E-state index contributed by atoms with van der Waals surface area (Å²) in [4.78, 5) is 4.25. The minimum atomic E-state index is 0.500. The van der Waals surface area contributed by atoms with E-state index in [2.05, 4.69) is 23.0 Å². The number of hydrogen-bond acceptors (Lipinski definition) is 3. The second-order valence-electron chi connectivity index (χ2n) is 4.91. The summed E-state index contributed by atoms with van der Waals surface area (Å²) in [5.74, 6) is 1.54. The molecule has 0 unspecified atom stereocenters. The lowest BCUT2D eigenvalue weighted by molar-refractivity contribution is 0.468. The number of fused-ring (bicyclic) bond motifs is 1. The minimum Gasteiger partial charge on any atom is -0.464 e. The lowest BCUT2D eigenvalue weighted by Crippen LogP contribution is -2.30. The number of pyridine rings is 1. The Morgan fingerprint density at radius 2 is 2.33 bits per heavy atom. The van der Waals surface area contributed by atoms with Crippen LogP contribution in [-0.4, -0.2) is 17.6 Å². The summed E-state index contributed by atoms with van der Waals surface area (Å²) in [5, 5.41) is 3.60. The number of nitrogens with zero attached hydrogens (tertiary/aromatic N) is 1. The average Bonchev–Trinajstić information content (AvgIpc) is 2.87. The lowest BCUT2D eigenvalue weighted by Gasteiger charge is -2.27. The maximum absolute atomic E-state index is 5.30. The number of ether oxygens (including phenoxy) is 1. The molecule has 0 aromatic carbocycles. The van der Waals surface area contributed by atoms with Crippen molar-refractivity contribution in [3.8, 4) is 5.75 Å². The average molecular weight is 242 g/mol. The highest BCUT2D eigenvalue weighted by Gasteiger charge is 2.32. The number of allylic oxidation sites excluding steroid dienone is 1. The SMILES string of the molecule is C=COc1cncc(C2=CCC[C@H]3CCN[C@@H]23)c1.